The molecular weight excluding hydrogens is 388 g/mol. The van der Waals surface area contributed by atoms with Gasteiger partial charge in [-0.3, -0.25) is 0 Å². The molecule has 7 nitrogen and oxygen atoms in total. The minimum absolute atomic E-state index is 0.00845. The summed E-state index contributed by atoms with van der Waals surface area (Å²) in [4.78, 5) is 0. The SMILES string of the molecule is COc1cc([C@@H]2CC[C@@H]3[C@H]2CO[C@H]3c2cc(OC)c(O)c(OC)c2)cc(OC)c1O. The van der Waals surface area contributed by atoms with E-state index >= 15 is 0 Å². The molecule has 4 rings (SSSR count). The van der Waals surface area contributed by atoms with Gasteiger partial charge in [-0.15, -0.1) is 0 Å². The summed E-state index contributed by atoms with van der Waals surface area (Å²) in [5.41, 5.74) is 2.02. The zero-order valence-electron chi connectivity index (χ0n) is 17.7. The quantitative estimate of drug-likeness (QED) is 0.736. The maximum Gasteiger partial charge on any atom is 0.200 e. The molecule has 7 heteroatoms. The second kappa shape index (κ2) is 8.14. The number of hydrogen-bond donors (Lipinski definition) is 2. The third-order valence-electron chi connectivity index (χ3n) is 6.50. The Morgan fingerprint density at radius 2 is 1.17 bits per heavy atom. The van der Waals surface area contributed by atoms with Crippen LogP contribution in [0.15, 0.2) is 24.3 Å². The molecule has 0 unspecified atom stereocenters. The Morgan fingerprint density at radius 3 is 1.63 bits per heavy atom. The lowest BCUT2D eigenvalue weighted by atomic mass is 9.83. The average molecular weight is 416 g/mol. The molecule has 0 spiro atoms. The van der Waals surface area contributed by atoms with Gasteiger partial charge in [0.05, 0.1) is 41.2 Å². The van der Waals surface area contributed by atoms with Crippen LogP contribution in [0.1, 0.15) is 36.0 Å². The highest BCUT2D eigenvalue weighted by molar-refractivity contribution is 5.55. The summed E-state index contributed by atoms with van der Waals surface area (Å²) in [6.07, 6.45) is 1.93. The number of phenols is 2. The molecule has 2 aromatic rings. The Bertz CT molecular complexity index is 800. The number of fused-ring (bicyclic) bond motifs is 1. The lowest BCUT2D eigenvalue weighted by Crippen LogP contribution is -2.13. The van der Waals surface area contributed by atoms with Crippen molar-refractivity contribution in [2.45, 2.75) is 24.9 Å². The highest BCUT2D eigenvalue weighted by Gasteiger charge is 2.47. The van der Waals surface area contributed by atoms with E-state index < -0.39 is 0 Å². The van der Waals surface area contributed by atoms with Crippen LogP contribution < -0.4 is 18.9 Å². The Kier molecular flexibility index (Phi) is 5.56. The highest BCUT2D eigenvalue weighted by atomic mass is 16.5. The van der Waals surface area contributed by atoms with Gasteiger partial charge >= 0.3 is 0 Å². The van der Waals surface area contributed by atoms with Crippen LogP contribution in [0.3, 0.4) is 0 Å². The number of benzene rings is 2. The lowest BCUT2D eigenvalue weighted by molar-refractivity contribution is 0.0841. The van der Waals surface area contributed by atoms with Crippen LogP contribution in [-0.4, -0.2) is 45.3 Å². The molecule has 162 valence electrons. The smallest absolute Gasteiger partial charge is 0.200 e. The first-order chi connectivity index (χ1) is 14.5. The van der Waals surface area contributed by atoms with Crippen LogP contribution in [-0.2, 0) is 4.74 Å². The topological polar surface area (TPSA) is 86.6 Å². The fraction of sp³-hybridized carbons (Fsp3) is 0.478. The molecule has 2 N–H and O–H groups in total. The van der Waals surface area contributed by atoms with Crippen molar-refractivity contribution < 1.29 is 33.9 Å². The van der Waals surface area contributed by atoms with Gasteiger partial charge in [-0.05, 0) is 66.0 Å². The molecule has 2 aromatic carbocycles. The second-order valence-electron chi connectivity index (χ2n) is 7.81. The first-order valence-electron chi connectivity index (χ1n) is 10.0. The minimum atomic E-state index is -0.0932. The van der Waals surface area contributed by atoms with Gasteiger partial charge in [0, 0.05) is 0 Å². The summed E-state index contributed by atoms with van der Waals surface area (Å²) < 4.78 is 27.5. The maximum absolute atomic E-state index is 10.2. The largest absolute Gasteiger partial charge is 0.502 e. The van der Waals surface area contributed by atoms with Crippen LogP contribution in [0, 0.1) is 11.8 Å². The summed E-state index contributed by atoms with van der Waals surface area (Å²) >= 11 is 0. The molecule has 0 amide bonds. The molecule has 1 aliphatic heterocycles. The lowest BCUT2D eigenvalue weighted by Gasteiger charge is -2.21. The molecule has 0 radical (unpaired) electrons. The third-order valence-corrected chi connectivity index (χ3v) is 6.50. The predicted molar refractivity (Wildman–Crippen MR) is 110 cm³/mol. The predicted octanol–water partition coefficient (Wildman–Crippen LogP) is 4.01. The van der Waals surface area contributed by atoms with Gasteiger partial charge in [-0.1, -0.05) is 0 Å². The van der Waals surface area contributed by atoms with Crippen molar-refractivity contribution in [2.24, 2.45) is 11.8 Å². The van der Waals surface area contributed by atoms with Gasteiger partial charge < -0.3 is 33.9 Å². The monoisotopic (exact) mass is 416 g/mol. The fourth-order valence-electron chi connectivity index (χ4n) is 5.02. The first kappa shape index (κ1) is 20.5. The minimum Gasteiger partial charge on any atom is -0.502 e. The van der Waals surface area contributed by atoms with E-state index in [1.54, 1.807) is 0 Å². The van der Waals surface area contributed by atoms with Crippen molar-refractivity contribution in [3.63, 3.8) is 0 Å². The Morgan fingerprint density at radius 1 is 0.700 bits per heavy atom. The molecule has 1 heterocycles. The molecule has 4 atom stereocenters. The summed E-state index contributed by atoms with van der Waals surface area (Å²) in [6.45, 7) is 0.636. The summed E-state index contributed by atoms with van der Waals surface area (Å²) in [6, 6.07) is 7.44. The van der Waals surface area contributed by atoms with Gasteiger partial charge in [0.2, 0.25) is 11.5 Å². The average Bonchev–Trinajstić information content (AvgIpc) is 3.36. The third kappa shape index (κ3) is 3.27. The van der Waals surface area contributed by atoms with Crippen LogP contribution in [0.5, 0.6) is 34.5 Å². The Balaban J connectivity index is 1.63. The maximum atomic E-state index is 10.2. The van der Waals surface area contributed by atoms with Crippen molar-refractivity contribution >= 4 is 0 Å². The van der Waals surface area contributed by atoms with E-state index in [2.05, 4.69) is 0 Å². The van der Waals surface area contributed by atoms with Crippen LogP contribution >= 0.6 is 0 Å². The standard InChI is InChI=1S/C23H28O7/c1-26-17-7-12(8-18(27-2)21(17)24)14-5-6-15-16(14)11-30-23(15)13-9-19(28-3)22(25)20(10-13)29-4/h7-10,14-16,23-25H,5-6,11H2,1-4H3/t14-,15+,16-,23-/m0/s1. The van der Waals surface area contributed by atoms with E-state index in [4.69, 9.17) is 23.7 Å². The highest BCUT2D eigenvalue weighted by Crippen LogP contribution is 2.56. The van der Waals surface area contributed by atoms with Crippen molar-refractivity contribution in [3.05, 3.63) is 35.4 Å². The van der Waals surface area contributed by atoms with Crippen LogP contribution in [0.25, 0.3) is 0 Å². The molecule has 1 saturated heterocycles. The van der Waals surface area contributed by atoms with E-state index in [0.717, 1.165) is 24.0 Å². The molecule has 1 aliphatic carbocycles. The van der Waals surface area contributed by atoms with Crippen molar-refractivity contribution in [3.8, 4) is 34.5 Å². The number of phenolic OH excluding ortho intramolecular Hbond substituents is 2. The second-order valence-corrected chi connectivity index (χ2v) is 7.81. The number of rotatable bonds is 6. The number of aromatic hydroxyl groups is 2. The van der Waals surface area contributed by atoms with Crippen molar-refractivity contribution in [2.75, 3.05) is 35.0 Å². The van der Waals surface area contributed by atoms with E-state index in [1.165, 1.54) is 28.4 Å². The normalized spacial score (nSPS) is 25.1. The van der Waals surface area contributed by atoms with Gasteiger partial charge in [0.25, 0.3) is 0 Å². The summed E-state index contributed by atoms with van der Waals surface area (Å²) in [5.74, 6) is 2.53. The number of hydrogen-bond acceptors (Lipinski definition) is 7. The zero-order chi connectivity index (χ0) is 21.4. The molecule has 0 aromatic heterocycles. The van der Waals surface area contributed by atoms with Gasteiger partial charge in [-0.25, -0.2) is 0 Å². The zero-order valence-corrected chi connectivity index (χ0v) is 17.7. The van der Waals surface area contributed by atoms with Gasteiger partial charge in [0.1, 0.15) is 0 Å². The van der Waals surface area contributed by atoms with E-state index in [-0.39, 0.29) is 23.5 Å². The fourth-order valence-corrected chi connectivity index (χ4v) is 5.02. The van der Waals surface area contributed by atoms with E-state index in [0.29, 0.717) is 41.4 Å². The molecule has 2 aliphatic rings. The van der Waals surface area contributed by atoms with Gasteiger partial charge in [-0.2, -0.15) is 0 Å². The van der Waals surface area contributed by atoms with E-state index in [1.807, 2.05) is 24.3 Å². The van der Waals surface area contributed by atoms with Gasteiger partial charge in [0.15, 0.2) is 23.0 Å². The Hall–Kier alpha value is -2.80. The number of methoxy groups -OCH3 is 4. The van der Waals surface area contributed by atoms with Crippen LogP contribution in [0.2, 0.25) is 0 Å². The van der Waals surface area contributed by atoms with Crippen molar-refractivity contribution in [1.82, 2.24) is 0 Å². The molecule has 1 saturated carbocycles. The first-order valence-corrected chi connectivity index (χ1v) is 10.0. The molecule has 0 bridgehead atoms. The van der Waals surface area contributed by atoms with Crippen molar-refractivity contribution in [1.29, 1.82) is 0 Å². The molecule has 30 heavy (non-hydrogen) atoms. The Labute approximate surface area is 176 Å². The molecule has 2 fully saturated rings. The van der Waals surface area contributed by atoms with Crippen LogP contribution in [0.4, 0.5) is 0 Å². The summed E-state index contributed by atoms with van der Waals surface area (Å²) in [7, 11) is 6.12. The number of ether oxygens (including phenoxy) is 5. The summed E-state index contributed by atoms with van der Waals surface area (Å²) in [5, 5.41) is 20.5. The molecular formula is C23H28O7. The van der Waals surface area contributed by atoms with E-state index in [9.17, 15) is 10.2 Å².